The summed E-state index contributed by atoms with van der Waals surface area (Å²) in [7, 11) is 1.71. The fraction of sp³-hybridized carbons (Fsp3) is 0.200. The number of hydrogen-bond acceptors (Lipinski definition) is 2. The smallest absolute Gasteiger partial charge is 0.191 e. The minimum absolute atomic E-state index is 0.238. The zero-order valence-corrected chi connectivity index (χ0v) is 14.7. The van der Waals surface area contributed by atoms with Gasteiger partial charge in [0.05, 0.1) is 12.7 Å². The number of halogens is 1. The number of aromatic nitrogens is 2. The third kappa shape index (κ3) is 5.17. The molecule has 2 N–H and O–H groups in total. The van der Waals surface area contributed by atoms with Crippen molar-refractivity contribution in [1.29, 1.82) is 0 Å². The fourth-order valence-corrected chi connectivity index (χ4v) is 2.59. The van der Waals surface area contributed by atoms with Gasteiger partial charge in [0.1, 0.15) is 5.82 Å². The predicted molar refractivity (Wildman–Crippen MR) is 101 cm³/mol. The Kier molecular flexibility index (Phi) is 5.98. The van der Waals surface area contributed by atoms with Crippen LogP contribution in [-0.2, 0) is 19.6 Å². The van der Waals surface area contributed by atoms with Crippen LogP contribution in [-0.4, -0.2) is 22.8 Å². The Hall–Kier alpha value is -3.15. The summed E-state index contributed by atoms with van der Waals surface area (Å²) >= 11 is 0. The number of aliphatic imine (C=N–C) groups is 1. The average Bonchev–Trinajstić information content (AvgIpc) is 3.10. The maximum absolute atomic E-state index is 13.2. The molecule has 0 saturated carbocycles. The molecule has 0 aliphatic heterocycles. The van der Waals surface area contributed by atoms with Gasteiger partial charge in [-0.05, 0) is 23.3 Å². The Balaban J connectivity index is 1.49. The largest absolute Gasteiger partial charge is 0.352 e. The Morgan fingerprint density at radius 2 is 1.73 bits per heavy atom. The molecule has 0 radical (unpaired) electrons. The molecule has 0 amide bonds. The molecular weight excluding hydrogens is 329 g/mol. The van der Waals surface area contributed by atoms with Crippen molar-refractivity contribution in [3.63, 3.8) is 0 Å². The molecule has 2 aromatic carbocycles. The zero-order valence-electron chi connectivity index (χ0n) is 14.7. The lowest BCUT2D eigenvalue weighted by molar-refractivity contribution is 0.624. The van der Waals surface area contributed by atoms with Crippen molar-refractivity contribution >= 4 is 5.96 Å². The first-order valence-corrected chi connectivity index (χ1v) is 8.47. The SMILES string of the molecule is CN=C(NCc1cccc(F)c1)NCc1cnn(Cc2ccccc2)c1. The lowest BCUT2D eigenvalue weighted by atomic mass is 10.2. The van der Waals surface area contributed by atoms with E-state index in [1.807, 2.05) is 41.3 Å². The van der Waals surface area contributed by atoms with Crippen LogP contribution in [0, 0.1) is 5.82 Å². The summed E-state index contributed by atoms with van der Waals surface area (Å²) < 4.78 is 15.1. The Bertz CT molecular complexity index is 857. The van der Waals surface area contributed by atoms with Crippen molar-refractivity contribution in [2.45, 2.75) is 19.6 Å². The minimum Gasteiger partial charge on any atom is -0.352 e. The molecular formula is C20H22FN5. The van der Waals surface area contributed by atoms with Gasteiger partial charge in [0, 0.05) is 31.9 Å². The number of guanidine groups is 1. The highest BCUT2D eigenvalue weighted by Crippen LogP contribution is 2.04. The molecule has 0 unspecified atom stereocenters. The molecule has 0 atom stereocenters. The summed E-state index contributed by atoms with van der Waals surface area (Å²) in [5, 5.41) is 10.8. The molecule has 26 heavy (non-hydrogen) atoms. The number of rotatable bonds is 6. The Labute approximate surface area is 152 Å². The summed E-state index contributed by atoms with van der Waals surface area (Å²) in [6, 6.07) is 16.7. The highest BCUT2D eigenvalue weighted by Gasteiger charge is 2.03. The third-order valence-electron chi connectivity index (χ3n) is 3.91. The molecule has 0 saturated heterocycles. The van der Waals surface area contributed by atoms with Crippen LogP contribution in [0.4, 0.5) is 4.39 Å². The van der Waals surface area contributed by atoms with E-state index < -0.39 is 0 Å². The van der Waals surface area contributed by atoms with Gasteiger partial charge in [-0.3, -0.25) is 9.67 Å². The first kappa shape index (κ1) is 17.7. The standard InChI is InChI=1S/C20H22FN5/c1-22-20(23-11-17-8-5-9-19(21)10-17)24-12-18-13-25-26(15-18)14-16-6-3-2-4-7-16/h2-10,13,15H,11-12,14H2,1H3,(H2,22,23,24). The van der Waals surface area contributed by atoms with Crippen molar-refractivity contribution in [1.82, 2.24) is 20.4 Å². The molecule has 0 bridgehead atoms. The van der Waals surface area contributed by atoms with E-state index in [0.29, 0.717) is 19.0 Å². The molecule has 0 spiro atoms. The zero-order chi connectivity index (χ0) is 18.2. The quantitative estimate of drug-likeness (QED) is 0.530. The van der Waals surface area contributed by atoms with Crippen LogP contribution in [0.1, 0.15) is 16.7 Å². The summed E-state index contributed by atoms with van der Waals surface area (Å²) in [5.74, 6) is 0.420. The first-order chi connectivity index (χ1) is 12.7. The summed E-state index contributed by atoms with van der Waals surface area (Å²) in [6.07, 6.45) is 3.86. The molecule has 6 heteroatoms. The molecule has 1 aromatic heterocycles. The van der Waals surface area contributed by atoms with E-state index in [4.69, 9.17) is 0 Å². The number of benzene rings is 2. The normalized spacial score (nSPS) is 11.4. The lowest BCUT2D eigenvalue weighted by Gasteiger charge is -2.11. The second kappa shape index (κ2) is 8.80. The second-order valence-electron chi connectivity index (χ2n) is 5.94. The van der Waals surface area contributed by atoms with E-state index in [-0.39, 0.29) is 5.82 Å². The second-order valence-corrected chi connectivity index (χ2v) is 5.94. The van der Waals surface area contributed by atoms with Crippen LogP contribution < -0.4 is 10.6 Å². The number of nitrogens with one attached hydrogen (secondary N) is 2. The number of hydrogen-bond donors (Lipinski definition) is 2. The van der Waals surface area contributed by atoms with Gasteiger partial charge in [-0.1, -0.05) is 42.5 Å². The van der Waals surface area contributed by atoms with Crippen molar-refractivity contribution in [3.05, 3.63) is 89.5 Å². The van der Waals surface area contributed by atoms with Crippen molar-refractivity contribution in [3.8, 4) is 0 Å². The molecule has 1 heterocycles. The van der Waals surface area contributed by atoms with Gasteiger partial charge in [-0.15, -0.1) is 0 Å². The van der Waals surface area contributed by atoms with Gasteiger partial charge in [-0.25, -0.2) is 4.39 Å². The van der Waals surface area contributed by atoms with Gasteiger partial charge in [0.25, 0.3) is 0 Å². The Morgan fingerprint density at radius 3 is 2.46 bits per heavy atom. The molecule has 5 nitrogen and oxygen atoms in total. The first-order valence-electron chi connectivity index (χ1n) is 8.47. The van der Waals surface area contributed by atoms with Gasteiger partial charge in [-0.2, -0.15) is 5.10 Å². The van der Waals surface area contributed by atoms with Crippen LogP contribution in [0.25, 0.3) is 0 Å². The average molecular weight is 351 g/mol. The molecule has 0 fully saturated rings. The lowest BCUT2D eigenvalue weighted by Crippen LogP contribution is -2.36. The van der Waals surface area contributed by atoms with Gasteiger partial charge in [0.15, 0.2) is 5.96 Å². The van der Waals surface area contributed by atoms with Crippen molar-refractivity contribution in [2.24, 2.45) is 4.99 Å². The van der Waals surface area contributed by atoms with Gasteiger partial charge >= 0.3 is 0 Å². The topological polar surface area (TPSA) is 54.2 Å². The van der Waals surface area contributed by atoms with E-state index in [0.717, 1.165) is 17.7 Å². The monoisotopic (exact) mass is 351 g/mol. The molecule has 3 aromatic rings. The maximum atomic E-state index is 13.2. The maximum Gasteiger partial charge on any atom is 0.191 e. The highest BCUT2D eigenvalue weighted by atomic mass is 19.1. The van der Waals surface area contributed by atoms with Crippen LogP contribution in [0.2, 0.25) is 0 Å². The van der Waals surface area contributed by atoms with Gasteiger partial charge < -0.3 is 10.6 Å². The fourth-order valence-electron chi connectivity index (χ4n) is 2.59. The Morgan fingerprint density at radius 1 is 1.00 bits per heavy atom. The minimum atomic E-state index is -0.238. The summed E-state index contributed by atoms with van der Waals surface area (Å²) in [6.45, 7) is 1.86. The van der Waals surface area contributed by atoms with Crippen LogP contribution in [0.5, 0.6) is 0 Å². The van der Waals surface area contributed by atoms with E-state index >= 15 is 0 Å². The molecule has 0 aliphatic carbocycles. The van der Waals surface area contributed by atoms with Crippen LogP contribution in [0.15, 0.2) is 72.0 Å². The summed E-state index contributed by atoms with van der Waals surface area (Å²) in [4.78, 5) is 4.19. The van der Waals surface area contributed by atoms with Crippen LogP contribution in [0.3, 0.4) is 0 Å². The van der Waals surface area contributed by atoms with Crippen molar-refractivity contribution < 1.29 is 4.39 Å². The highest BCUT2D eigenvalue weighted by molar-refractivity contribution is 5.79. The van der Waals surface area contributed by atoms with Crippen molar-refractivity contribution in [2.75, 3.05) is 7.05 Å². The van der Waals surface area contributed by atoms with E-state index in [1.54, 1.807) is 13.1 Å². The third-order valence-corrected chi connectivity index (χ3v) is 3.91. The van der Waals surface area contributed by atoms with E-state index in [2.05, 4.69) is 32.9 Å². The van der Waals surface area contributed by atoms with Crippen LogP contribution >= 0.6 is 0 Å². The molecule has 134 valence electrons. The molecule has 3 rings (SSSR count). The predicted octanol–water partition coefficient (Wildman–Crippen LogP) is 2.94. The van der Waals surface area contributed by atoms with E-state index in [9.17, 15) is 4.39 Å². The number of nitrogens with zero attached hydrogens (tertiary/aromatic N) is 3. The van der Waals surface area contributed by atoms with E-state index in [1.165, 1.54) is 17.7 Å². The molecule has 0 aliphatic rings. The summed E-state index contributed by atoms with van der Waals surface area (Å²) in [5.41, 5.74) is 3.14. The van der Waals surface area contributed by atoms with Gasteiger partial charge in [0.2, 0.25) is 0 Å².